The summed E-state index contributed by atoms with van der Waals surface area (Å²) in [5.41, 5.74) is 0. The van der Waals surface area contributed by atoms with Crippen molar-refractivity contribution in [3.63, 3.8) is 0 Å². The van der Waals surface area contributed by atoms with Gasteiger partial charge in [-0.15, -0.1) is 0 Å². The number of esters is 1. The third-order valence-electron chi connectivity index (χ3n) is 6.15. The minimum absolute atomic E-state index is 0.0105. The van der Waals surface area contributed by atoms with E-state index in [1.807, 2.05) is 13.8 Å². The van der Waals surface area contributed by atoms with E-state index >= 15 is 0 Å². The van der Waals surface area contributed by atoms with Crippen LogP contribution in [0.2, 0.25) is 13.3 Å². The van der Waals surface area contributed by atoms with E-state index in [1.54, 1.807) is 16.7 Å². The summed E-state index contributed by atoms with van der Waals surface area (Å²) in [5.74, 6) is -0.305. The van der Waals surface area contributed by atoms with Crippen LogP contribution in [0.4, 0.5) is 0 Å². The Morgan fingerprint density at radius 1 is 1.13 bits per heavy atom. The number of unbranched alkanes of at least 4 members (excludes halogenated alkanes) is 3. The van der Waals surface area contributed by atoms with Crippen LogP contribution >= 0.6 is 20.7 Å². The van der Waals surface area contributed by atoms with Gasteiger partial charge in [-0.05, 0) is 0 Å². The summed E-state index contributed by atoms with van der Waals surface area (Å²) in [6.45, 7) is 10.8. The summed E-state index contributed by atoms with van der Waals surface area (Å²) >= 11 is -0.691. The van der Waals surface area contributed by atoms with E-state index < -0.39 is 23.0 Å². The van der Waals surface area contributed by atoms with Crippen molar-refractivity contribution in [1.29, 1.82) is 0 Å². The zero-order chi connectivity index (χ0) is 22.3. The van der Waals surface area contributed by atoms with E-state index in [4.69, 9.17) is 9.73 Å². The van der Waals surface area contributed by atoms with Crippen LogP contribution in [0.1, 0.15) is 73.1 Å². The van der Waals surface area contributed by atoms with Gasteiger partial charge in [-0.1, -0.05) is 0 Å². The Hall–Kier alpha value is 0.109. The molecule has 1 fully saturated rings. The number of carbonyl (C=O) groups excluding carboxylic acids is 2. The average Bonchev–Trinajstić information content (AvgIpc) is 3.10. The zero-order valence-electron chi connectivity index (χ0n) is 19.6. The Bertz CT molecular complexity index is 608. The van der Waals surface area contributed by atoms with Gasteiger partial charge in [0.15, 0.2) is 0 Å². The first-order valence-corrected chi connectivity index (χ1v) is 22.9. The molecule has 1 saturated heterocycles. The van der Waals surface area contributed by atoms with E-state index in [0.29, 0.717) is 0 Å². The number of fused-ring (bicyclic) bond motifs is 1. The van der Waals surface area contributed by atoms with Crippen LogP contribution in [0.5, 0.6) is 0 Å². The van der Waals surface area contributed by atoms with Crippen molar-refractivity contribution in [3.05, 3.63) is 0 Å². The summed E-state index contributed by atoms with van der Waals surface area (Å²) in [5, 5.41) is -0.0287. The van der Waals surface area contributed by atoms with Gasteiger partial charge in [0, 0.05) is 0 Å². The van der Waals surface area contributed by atoms with Gasteiger partial charge in [-0.3, -0.25) is 0 Å². The van der Waals surface area contributed by atoms with Crippen molar-refractivity contribution in [3.8, 4) is 0 Å². The molecular weight excluding hydrogens is 523 g/mol. The van der Waals surface area contributed by atoms with Crippen molar-refractivity contribution in [2.75, 3.05) is 7.11 Å². The standard InChI is InChI=1S/C10H14N2O3S2.3C4H9.Sn/c1-4(2)6(9(14)15-3)12-7(13)5-8(12)17-10(16)11-5;3*1-3-4-2;/h4-6,8H,1-3H3,(H,11,16);3*1,3-4H2,2H3;/q;;;;+1/p-1/t5-,6-,8-;;;;/m1..../s1. The molecule has 0 aromatic rings. The van der Waals surface area contributed by atoms with Gasteiger partial charge in [0.2, 0.25) is 0 Å². The summed E-state index contributed by atoms with van der Waals surface area (Å²) in [6, 6.07) is -0.805. The maximum absolute atomic E-state index is 12.8. The topological polar surface area (TPSA) is 59.0 Å². The normalized spacial score (nSPS) is 22.0. The molecular formula is C22H40N2O3S2Sn. The van der Waals surface area contributed by atoms with Crippen LogP contribution in [-0.4, -0.2) is 62.7 Å². The molecule has 0 aliphatic carbocycles. The van der Waals surface area contributed by atoms with Crippen LogP contribution in [0.25, 0.3) is 0 Å². The molecule has 0 spiro atoms. The van der Waals surface area contributed by atoms with Crippen molar-refractivity contribution >= 4 is 54.0 Å². The number of ether oxygens (including phenoxy) is 1. The second kappa shape index (κ2) is 12.4. The number of likely N-dealkylation sites (tertiary alicyclic amines) is 1. The number of amides is 1. The van der Waals surface area contributed by atoms with Crippen LogP contribution in [-0.2, 0) is 14.3 Å². The number of β-lactam (4-membered cyclic amide) rings is 1. The van der Waals surface area contributed by atoms with Crippen LogP contribution < -0.4 is 0 Å². The van der Waals surface area contributed by atoms with E-state index in [2.05, 4.69) is 29.7 Å². The second-order valence-corrected chi connectivity index (χ2v) is 29.4. The number of hydrogen-bond donors (Lipinski definition) is 0. The fraction of sp³-hybridized carbons (Fsp3) is 0.864. The molecule has 2 heterocycles. The third kappa shape index (κ3) is 6.12. The number of methoxy groups -OCH3 is 1. The van der Waals surface area contributed by atoms with E-state index in [1.165, 1.54) is 58.9 Å². The number of hydrogen-bond acceptors (Lipinski definition) is 6. The van der Waals surface area contributed by atoms with Crippen molar-refractivity contribution in [2.24, 2.45) is 10.9 Å². The van der Waals surface area contributed by atoms with E-state index in [-0.39, 0.29) is 29.2 Å². The maximum atomic E-state index is 12.8. The summed E-state index contributed by atoms with van der Waals surface area (Å²) < 4.78 is 10.4. The molecule has 0 bridgehead atoms. The number of thioether (sulfide) groups is 1. The summed E-state index contributed by atoms with van der Waals surface area (Å²) in [7, 11) is 3.53. The first-order chi connectivity index (χ1) is 14.3. The number of carbonyl (C=O) groups is 2. The van der Waals surface area contributed by atoms with Gasteiger partial charge in [0.25, 0.3) is 0 Å². The summed E-state index contributed by atoms with van der Waals surface area (Å²) in [6.07, 6.45) is 7.73. The molecule has 5 nitrogen and oxygen atoms in total. The molecule has 0 aromatic carbocycles. The summed E-state index contributed by atoms with van der Waals surface area (Å²) in [4.78, 5) is 31.8. The van der Waals surface area contributed by atoms with Gasteiger partial charge < -0.3 is 0 Å². The molecule has 0 N–H and O–H groups in total. The molecule has 0 radical (unpaired) electrons. The molecule has 0 saturated carbocycles. The van der Waals surface area contributed by atoms with Crippen molar-refractivity contribution in [2.45, 2.75) is 104 Å². The van der Waals surface area contributed by atoms with E-state index in [9.17, 15) is 9.59 Å². The Labute approximate surface area is 194 Å². The first kappa shape index (κ1) is 26.4. The molecule has 0 aromatic heterocycles. The Kier molecular flexibility index (Phi) is 10.9. The second-order valence-electron chi connectivity index (χ2n) is 8.90. The molecule has 0 unspecified atom stereocenters. The van der Waals surface area contributed by atoms with Crippen molar-refractivity contribution < 1.29 is 14.3 Å². The van der Waals surface area contributed by atoms with Gasteiger partial charge in [-0.25, -0.2) is 0 Å². The van der Waals surface area contributed by atoms with Crippen LogP contribution in [0.3, 0.4) is 0 Å². The van der Waals surface area contributed by atoms with Crippen LogP contribution in [0.15, 0.2) is 4.99 Å². The quantitative estimate of drug-likeness (QED) is 0.159. The Balaban J connectivity index is 2.16. The average molecular weight is 563 g/mol. The predicted molar refractivity (Wildman–Crippen MR) is 133 cm³/mol. The number of rotatable bonds is 13. The molecule has 2 aliphatic rings. The van der Waals surface area contributed by atoms with Crippen molar-refractivity contribution in [1.82, 2.24) is 4.90 Å². The molecule has 30 heavy (non-hydrogen) atoms. The minimum atomic E-state index is -2.43. The fourth-order valence-corrected chi connectivity index (χ4v) is 31.3. The molecule has 172 valence electrons. The van der Waals surface area contributed by atoms with Gasteiger partial charge in [0.05, 0.1) is 0 Å². The molecule has 2 rings (SSSR count). The zero-order valence-corrected chi connectivity index (χ0v) is 24.1. The number of aliphatic imine (C=N–C) groups is 1. The molecule has 1 amide bonds. The van der Waals surface area contributed by atoms with Gasteiger partial charge >= 0.3 is 195 Å². The van der Waals surface area contributed by atoms with Gasteiger partial charge in [0.1, 0.15) is 0 Å². The Morgan fingerprint density at radius 2 is 1.67 bits per heavy atom. The van der Waals surface area contributed by atoms with E-state index in [0.717, 1.165) is 4.38 Å². The first-order valence-electron chi connectivity index (χ1n) is 11.7. The van der Waals surface area contributed by atoms with Gasteiger partial charge in [-0.2, -0.15) is 0 Å². The molecule has 3 atom stereocenters. The molecule has 2 aliphatic heterocycles. The monoisotopic (exact) mass is 564 g/mol. The third-order valence-corrected chi connectivity index (χ3v) is 30.0. The fourth-order valence-electron chi connectivity index (χ4n) is 4.34. The molecule has 8 heteroatoms. The SMILES string of the molecule is CCC[CH2][Sn]([CH2]CCC)([CH2]CCC)[S]C1=N[C@@H]2C(=O)N([C@@H](C(=O)OC)C(C)C)[C@@H]2S1. The number of nitrogens with zero attached hydrogens (tertiary/aromatic N) is 2. The Morgan fingerprint density at radius 3 is 2.10 bits per heavy atom. The van der Waals surface area contributed by atoms with Crippen LogP contribution in [0, 0.1) is 5.92 Å². The predicted octanol–water partition coefficient (Wildman–Crippen LogP) is 5.90.